The number of rotatable bonds is 11. The Morgan fingerprint density at radius 3 is 2.72 bits per heavy atom. The molecule has 3 N–H and O–H groups in total. The second kappa shape index (κ2) is 10.6. The molecule has 1 aromatic rings. The van der Waals surface area contributed by atoms with Gasteiger partial charge in [-0.15, -0.1) is 11.8 Å². The van der Waals surface area contributed by atoms with Gasteiger partial charge in [-0.3, -0.25) is 14.8 Å². The zero-order chi connectivity index (χ0) is 20.8. The molecule has 0 aliphatic heterocycles. The first kappa shape index (κ1) is 22.3. The average molecular weight is 427 g/mol. The molecule has 8 heteroatoms. The minimum absolute atomic E-state index is 0.0422. The van der Waals surface area contributed by atoms with Crippen molar-refractivity contribution >= 4 is 17.7 Å². The smallest absolute Gasteiger partial charge is 0.254 e. The molecular weight excluding hydrogens is 395 g/mol. The fraction of sp³-hybridized carbons (Fsp3) is 0.667. The Labute approximate surface area is 175 Å². The Balaban J connectivity index is 1.61. The molecule has 2 aliphatic rings. The number of amides is 1. The van der Waals surface area contributed by atoms with Crippen molar-refractivity contribution in [2.24, 2.45) is 11.8 Å². The van der Waals surface area contributed by atoms with Gasteiger partial charge in [0.15, 0.2) is 0 Å². The molecule has 0 bridgehead atoms. The van der Waals surface area contributed by atoms with Gasteiger partial charge in [-0.2, -0.15) is 0 Å². The Hall–Kier alpha value is -1.35. The predicted molar refractivity (Wildman–Crippen MR) is 110 cm³/mol. The van der Waals surface area contributed by atoms with Crippen molar-refractivity contribution in [1.29, 1.82) is 0 Å². The van der Waals surface area contributed by atoms with Gasteiger partial charge in [0.05, 0.1) is 18.0 Å². The highest BCUT2D eigenvalue weighted by atomic mass is 32.2. The van der Waals surface area contributed by atoms with Crippen molar-refractivity contribution in [1.82, 2.24) is 11.0 Å². The van der Waals surface area contributed by atoms with E-state index in [0.29, 0.717) is 24.2 Å². The maximum atomic E-state index is 14.7. The molecule has 0 heterocycles. The minimum Gasteiger partial charge on any atom is -0.493 e. The topological polar surface area (TPSA) is 79.8 Å². The van der Waals surface area contributed by atoms with Crippen molar-refractivity contribution in [2.45, 2.75) is 63.7 Å². The van der Waals surface area contributed by atoms with Crippen LogP contribution in [0.15, 0.2) is 12.1 Å². The van der Waals surface area contributed by atoms with E-state index < -0.39 is 11.7 Å². The highest BCUT2D eigenvalue weighted by Gasteiger charge is 2.30. The van der Waals surface area contributed by atoms with Gasteiger partial charge in [-0.05, 0) is 62.0 Å². The lowest BCUT2D eigenvalue weighted by Gasteiger charge is -2.17. The predicted octanol–water partition coefficient (Wildman–Crippen LogP) is 4.59. The van der Waals surface area contributed by atoms with Crippen LogP contribution >= 0.6 is 11.8 Å². The highest BCUT2D eigenvalue weighted by Crippen LogP contribution is 2.45. The van der Waals surface area contributed by atoms with Crippen molar-refractivity contribution < 1.29 is 24.0 Å². The van der Waals surface area contributed by atoms with Crippen molar-refractivity contribution in [2.75, 3.05) is 12.5 Å². The summed E-state index contributed by atoms with van der Waals surface area (Å²) < 4.78 is 20.7. The Morgan fingerprint density at radius 1 is 1.31 bits per heavy atom. The Morgan fingerprint density at radius 2 is 2.07 bits per heavy atom. The van der Waals surface area contributed by atoms with E-state index in [4.69, 9.17) is 14.8 Å². The number of thioether (sulfide) groups is 1. The summed E-state index contributed by atoms with van der Waals surface area (Å²) in [5, 5.41) is 11.2. The van der Waals surface area contributed by atoms with Crippen molar-refractivity contribution in [3.8, 4) is 5.75 Å². The third-order valence-electron chi connectivity index (χ3n) is 5.83. The maximum absolute atomic E-state index is 14.7. The molecule has 2 fully saturated rings. The molecule has 0 spiro atoms. The maximum Gasteiger partial charge on any atom is 0.254 e. The van der Waals surface area contributed by atoms with Crippen LogP contribution < -0.4 is 15.7 Å². The minimum atomic E-state index is -0.564. The van der Waals surface area contributed by atoms with Crippen LogP contribution in [-0.4, -0.2) is 29.0 Å². The molecule has 0 radical (unpaired) electrons. The van der Waals surface area contributed by atoms with Gasteiger partial charge in [-0.25, -0.2) is 4.39 Å². The normalized spacial score (nSPS) is 22.5. The fourth-order valence-corrected chi connectivity index (χ4v) is 4.48. The Kier molecular flexibility index (Phi) is 8.17. The molecular formula is C21H31FN2O4S. The third-order valence-corrected chi connectivity index (χ3v) is 6.71. The second-order valence-corrected chi connectivity index (χ2v) is 9.29. The van der Waals surface area contributed by atoms with Gasteiger partial charge >= 0.3 is 0 Å². The summed E-state index contributed by atoms with van der Waals surface area (Å²) in [5.74, 6) is 1.47. The first-order valence-corrected chi connectivity index (χ1v) is 11.5. The van der Waals surface area contributed by atoms with E-state index in [-0.39, 0.29) is 16.9 Å². The Bertz CT molecular complexity index is 702. The number of hydrogen-bond donors (Lipinski definition) is 3. The lowest BCUT2D eigenvalue weighted by Crippen LogP contribution is -2.26. The molecule has 6 nitrogen and oxygen atoms in total. The van der Waals surface area contributed by atoms with E-state index in [1.54, 1.807) is 18.6 Å². The third kappa shape index (κ3) is 6.31. The number of hydrogen-bond acceptors (Lipinski definition) is 6. The summed E-state index contributed by atoms with van der Waals surface area (Å²) in [6, 6.07) is 3.03. The molecule has 3 rings (SSSR count). The van der Waals surface area contributed by atoms with E-state index in [2.05, 4.69) is 12.2 Å². The molecule has 0 saturated heterocycles. The SMILES string of the molecule is CCC1CCC(COc2cc(F)c(C(=O)NCSC(C)ONO)cc2C2CC2)C1. The van der Waals surface area contributed by atoms with E-state index in [0.717, 1.165) is 24.3 Å². The standard InChI is InChI=1S/C21H31FN2O4S/c1-3-14-4-5-15(8-14)11-27-20-10-19(22)18(9-17(20)16-6-7-16)21(25)23-12-29-13(2)28-24-26/h9-10,13-16,24,26H,3-8,11-12H2,1-2H3,(H,23,25). The summed E-state index contributed by atoms with van der Waals surface area (Å²) in [6.07, 6.45) is 6.91. The quantitative estimate of drug-likeness (QED) is 0.355. The molecule has 162 valence electrons. The summed E-state index contributed by atoms with van der Waals surface area (Å²) in [5.41, 5.74) is 2.22. The van der Waals surface area contributed by atoms with Gasteiger partial charge in [0.2, 0.25) is 0 Å². The number of halogens is 1. The molecule has 29 heavy (non-hydrogen) atoms. The number of carbonyl (C=O) groups excluding carboxylic acids is 1. The first-order chi connectivity index (χ1) is 14.0. The number of nitrogens with one attached hydrogen (secondary N) is 2. The van der Waals surface area contributed by atoms with Gasteiger partial charge in [-0.1, -0.05) is 25.4 Å². The molecule has 3 unspecified atom stereocenters. The van der Waals surface area contributed by atoms with Crippen LogP contribution in [0.2, 0.25) is 0 Å². The lowest BCUT2D eigenvalue weighted by atomic mass is 10.0. The average Bonchev–Trinajstić information content (AvgIpc) is 3.44. The van der Waals surface area contributed by atoms with Crippen LogP contribution in [0.3, 0.4) is 0 Å². The van der Waals surface area contributed by atoms with Crippen LogP contribution in [0.25, 0.3) is 0 Å². The van der Waals surface area contributed by atoms with E-state index in [1.807, 2.05) is 0 Å². The number of benzene rings is 1. The van der Waals surface area contributed by atoms with E-state index in [1.165, 1.54) is 43.5 Å². The van der Waals surface area contributed by atoms with Gasteiger partial charge < -0.3 is 10.1 Å². The second-order valence-electron chi connectivity index (χ2n) is 8.00. The molecule has 2 aliphatic carbocycles. The highest BCUT2D eigenvalue weighted by molar-refractivity contribution is 7.99. The zero-order valence-electron chi connectivity index (χ0n) is 17.1. The molecule has 1 aromatic carbocycles. The van der Waals surface area contributed by atoms with Crippen LogP contribution in [0, 0.1) is 17.7 Å². The molecule has 3 atom stereocenters. The van der Waals surface area contributed by atoms with Crippen molar-refractivity contribution in [3.05, 3.63) is 29.1 Å². The summed E-state index contributed by atoms with van der Waals surface area (Å²) >= 11 is 1.26. The van der Waals surface area contributed by atoms with E-state index in [9.17, 15) is 9.18 Å². The molecule has 1 amide bonds. The number of carbonyl (C=O) groups is 1. The zero-order valence-corrected chi connectivity index (χ0v) is 17.9. The number of ether oxygens (including phenoxy) is 1. The molecule has 0 aromatic heterocycles. The monoisotopic (exact) mass is 426 g/mol. The molecule has 2 saturated carbocycles. The lowest BCUT2D eigenvalue weighted by molar-refractivity contribution is -0.133. The van der Waals surface area contributed by atoms with Crippen LogP contribution in [-0.2, 0) is 4.84 Å². The van der Waals surface area contributed by atoms with Crippen LogP contribution in [0.4, 0.5) is 4.39 Å². The van der Waals surface area contributed by atoms with Gasteiger partial charge in [0.1, 0.15) is 17.0 Å². The summed E-state index contributed by atoms with van der Waals surface area (Å²) in [4.78, 5) is 17.2. The van der Waals surface area contributed by atoms with E-state index >= 15 is 0 Å². The van der Waals surface area contributed by atoms with Crippen LogP contribution in [0.1, 0.15) is 74.2 Å². The largest absolute Gasteiger partial charge is 0.493 e. The van der Waals surface area contributed by atoms with Crippen LogP contribution in [0.5, 0.6) is 5.75 Å². The first-order valence-electron chi connectivity index (χ1n) is 10.4. The summed E-state index contributed by atoms with van der Waals surface area (Å²) in [6.45, 7) is 4.56. The summed E-state index contributed by atoms with van der Waals surface area (Å²) in [7, 11) is 0. The fourth-order valence-electron chi connectivity index (χ4n) is 3.92. The van der Waals surface area contributed by atoms with Gasteiger partial charge in [0, 0.05) is 6.07 Å². The van der Waals surface area contributed by atoms with Gasteiger partial charge in [0.25, 0.3) is 5.91 Å². The van der Waals surface area contributed by atoms with Crippen molar-refractivity contribution in [3.63, 3.8) is 0 Å².